The van der Waals surface area contributed by atoms with Crippen molar-refractivity contribution in [1.29, 1.82) is 0 Å². The molecule has 1 N–H and O–H groups in total. The van der Waals surface area contributed by atoms with Crippen LogP contribution in [-0.4, -0.2) is 19.1 Å². The van der Waals surface area contributed by atoms with E-state index in [2.05, 4.69) is 34.5 Å². The lowest BCUT2D eigenvalue weighted by molar-refractivity contribution is 0.526. The number of para-hydroxylation sites is 1. The molecular weight excluding hydrogens is 287 g/mol. The zero-order chi connectivity index (χ0) is 14.7. The van der Waals surface area contributed by atoms with Gasteiger partial charge < -0.3 is 10.2 Å². The number of hydrogen-bond acceptors (Lipinski definition) is 2. The minimum absolute atomic E-state index is 0.168. The maximum Gasteiger partial charge on any atom is 0.141 e. The van der Waals surface area contributed by atoms with E-state index >= 15 is 0 Å². The molecule has 110 valence electrons. The van der Waals surface area contributed by atoms with Gasteiger partial charge in [-0.1, -0.05) is 29.8 Å². The minimum atomic E-state index is -0.374. The van der Waals surface area contributed by atoms with Crippen LogP contribution in [0.5, 0.6) is 0 Å². The summed E-state index contributed by atoms with van der Waals surface area (Å²) in [5.74, 6) is -0.374. The van der Waals surface area contributed by atoms with Crippen LogP contribution in [0.3, 0.4) is 0 Å². The molecule has 1 heterocycles. The predicted molar refractivity (Wildman–Crippen MR) is 86.7 cm³/mol. The molecule has 4 heteroatoms. The molecule has 0 amide bonds. The second kappa shape index (κ2) is 6.35. The van der Waals surface area contributed by atoms with Crippen LogP contribution < -0.4 is 10.2 Å². The van der Waals surface area contributed by atoms with Gasteiger partial charge in [-0.25, -0.2) is 4.39 Å². The zero-order valence-electron chi connectivity index (χ0n) is 11.7. The standard InChI is InChI=1S/C17H18ClFN2/c18-16-12-14(6-7-17(16)19)20-13-8-10-21(11-9-13)15-4-2-1-3-5-15/h1-7,12-13,20H,8-11H2. The van der Waals surface area contributed by atoms with Gasteiger partial charge >= 0.3 is 0 Å². The maximum absolute atomic E-state index is 13.1. The molecule has 1 aliphatic heterocycles. The third-order valence-corrected chi connectivity index (χ3v) is 4.20. The van der Waals surface area contributed by atoms with Gasteiger partial charge in [0.05, 0.1) is 5.02 Å². The Hall–Kier alpha value is -1.74. The van der Waals surface area contributed by atoms with Gasteiger partial charge in [0.25, 0.3) is 0 Å². The van der Waals surface area contributed by atoms with E-state index in [1.165, 1.54) is 11.8 Å². The van der Waals surface area contributed by atoms with Crippen molar-refractivity contribution in [1.82, 2.24) is 0 Å². The summed E-state index contributed by atoms with van der Waals surface area (Å²) < 4.78 is 13.1. The normalized spacial score (nSPS) is 16.0. The topological polar surface area (TPSA) is 15.3 Å². The number of nitrogens with zero attached hydrogens (tertiary/aromatic N) is 1. The van der Waals surface area contributed by atoms with E-state index in [-0.39, 0.29) is 10.8 Å². The molecule has 0 atom stereocenters. The van der Waals surface area contributed by atoms with E-state index in [0.717, 1.165) is 31.6 Å². The lowest BCUT2D eigenvalue weighted by Gasteiger charge is -2.34. The van der Waals surface area contributed by atoms with Crippen molar-refractivity contribution in [3.63, 3.8) is 0 Å². The Bertz CT molecular complexity index is 595. The Morgan fingerprint density at radius 3 is 2.43 bits per heavy atom. The van der Waals surface area contributed by atoms with Crippen LogP contribution in [0.25, 0.3) is 0 Å². The van der Waals surface area contributed by atoms with Crippen molar-refractivity contribution in [2.75, 3.05) is 23.3 Å². The summed E-state index contributed by atoms with van der Waals surface area (Å²) in [6.45, 7) is 2.05. The highest BCUT2D eigenvalue weighted by Gasteiger charge is 2.19. The second-order valence-electron chi connectivity index (χ2n) is 5.37. The fourth-order valence-corrected chi connectivity index (χ4v) is 2.92. The summed E-state index contributed by atoms with van der Waals surface area (Å²) in [6.07, 6.45) is 2.12. The van der Waals surface area contributed by atoms with Crippen molar-refractivity contribution in [2.24, 2.45) is 0 Å². The van der Waals surface area contributed by atoms with Crippen LogP contribution in [0.2, 0.25) is 5.02 Å². The van der Waals surface area contributed by atoms with Gasteiger partial charge in [0, 0.05) is 30.5 Å². The summed E-state index contributed by atoms with van der Waals surface area (Å²) in [4.78, 5) is 2.40. The lowest BCUT2D eigenvalue weighted by Crippen LogP contribution is -2.39. The molecule has 2 aromatic rings. The molecule has 0 aliphatic carbocycles. The molecular formula is C17H18ClFN2. The number of piperidine rings is 1. The molecule has 0 unspecified atom stereocenters. The quantitative estimate of drug-likeness (QED) is 0.894. The predicted octanol–water partition coefficient (Wildman–Crippen LogP) is 4.56. The summed E-state index contributed by atoms with van der Waals surface area (Å²) in [6, 6.07) is 15.7. The summed E-state index contributed by atoms with van der Waals surface area (Å²) in [5.41, 5.74) is 2.17. The van der Waals surface area contributed by atoms with Crippen molar-refractivity contribution < 1.29 is 4.39 Å². The Balaban J connectivity index is 1.57. The molecule has 0 radical (unpaired) electrons. The Morgan fingerprint density at radius 1 is 1.05 bits per heavy atom. The first kappa shape index (κ1) is 14.2. The molecule has 0 spiro atoms. The summed E-state index contributed by atoms with van der Waals surface area (Å²) in [7, 11) is 0. The van der Waals surface area contributed by atoms with Crippen molar-refractivity contribution >= 4 is 23.0 Å². The van der Waals surface area contributed by atoms with Crippen molar-refractivity contribution in [2.45, 2.75) is 18.9 Å². The minimum Gasteiger partial charge on any atom is -0.382 e. The van der Waals surface area contributed by atoms with Crippen molar-refractivity contribution in [3.05, 3.63) is 59.4 Å². The molecule has 0 saturated carbocycles. The fraction of sp³-hybridized carbons (Fsp3) is 0.294. The highest BCUT2D eigenvalue weighted by molar-refractivity contribution is 6.31. The number of anilines is 2. The molecule has 1 saturated heterocycles. The third kappa shape index (κ3) is 3.48. The van der Waals surface area contributed by atoms with Crippen molar-refractivity contribution in [3.8, 4) is 0 Å². The Labute approximate surface area is 129 Å². The lowest BCUT2D eigenvalue weighted by atomic mass is 10.0. The molecule has 1 fully saturated rings. The average Bonchev–Trinajstić information content (AvgIpc) is 2.53. The van der Waals surface area contributed by atoms with Gasteiger partial charge in [0.1, 0.15) is 5.82 Å². The molecule has 1 aliphatic rings. The first-order chi connectivity index (χ1) is 10.2. The van der Waals surface area contributed by atoms with Gasteiger partial charge in [-0.15, -0.1) is 0 Å². The fourth-order valence-electron chi connectivity index (χ4n) is 2.74. The molecule has 0 bridgehead atoms. The molecule has 0 aromatic heterocycles. The number of hydrogen-bond donors (Lipinski definition) is 1. The third-order valence-electron chi connectivity index (χ3n) is 3.91. The highest BCUT2D eigenvalue weighted by Crippen LogP contribution is 2.24. The van der Waals surface area contributed by atoms with Crippen LogP contribution in [0.15, 0.2) is 48.5 Å². The summed E-state index contributed by atoms with van der Waals surface area (Å²) in [5, 5.41) is 3.61. The highest BCUT2D eigenvalue weighted by atomic mass is 35.5. The van der Waals surface area contributed by atoms with Crippen LogP contribution in [0, 0.1) is 5.82 Å². The van der Waals surface area contributed by atoms with E-state index in [0.29, 0.717) is 6.04 Å². The average molecular weight is 305 g/mol. The second-order valence-corrected chi connectivity index (χ2v) is 5.78. The Kier molecular flexibility index (Phi) is 4.30. The van der Waals surface area contributed by atoms with Gasteiger partial charge in [0.2, 0.25) is 0 Å². The molecule has 2 aromatic carbocycles. The van der Waals surface area contributed by atoms with E-state index in [1.807, 2.05) is 6.07 Å². The van der Waals surface area contributed by atoms with E-state index in [9.17, 15) is 4.39 Å². The maximum atomic E-state index is 13.1. The van der Waals surface area contributed by atoms with Gasteiger partial charge in [-0.2, -0.15) is 0 Å². The number of benzene rings is 2. The van der Waals surface area contributed by atoms with E-state index in [4.69, 9.17) is 11.6 Å². The van der Waals surface area contributed by atoms with Gasteiger partial charge in [0.15, 0.2) is 0 Å². The van der Waals surface area contributed by atoms with Gasteiger partial charge in [-0.3, -0.25) is 0 Å². The molecule has 21 heavy (non-hydrogen) atoms. The summed E-state index contributed by atoms with van der Waals surface area (Å²) >= 11 is 5.81. The zero-order valence-corrected chi connectivity index (χ0v) is 12.5. The van der Waals surface area contributed by atoms with Crippen LogP contribution >= 0.6 is 11.6 Å². The van der Waals surface area contributed by atoms with E-state index < -0.39 is 0 Å². The first-order valence-electron chi connectivity index (χ1n) is 7.24. The van der Waals surface area contributed by atoms with Crippen LogP contribution in [0.1, 0.15) is 12.8 Å². The smallest absolute Gasteiger partial charge is 0.141 e. The van der Waals surface area contributed by atoms with Gasteiger partial charge in [-0.05, 0) is 43.2 Å². The molecule has 3 rings (SSSR count). The largest absolute Gasteiger partial charge is 0.382 e. The number of nitrogens with one attached hydrogen (secondary N) is 1. The number of rotatable bonds is 3. The first-order valence-corrected chi connectivity index (χ1v) is 7.62. The SMILES string of the molecule is Fc1ccc(NC2CCN(c3ccccc3)CC2)cc1Cl. The van der Waals surface area contributed by atoms with Crippen LogP contribution in [0.4, 0.5) is 15.8 Å². The Morgan fingerprint density at radius 2 is 1.76 bits per heavy atom. The monoisotopic (exact) mass is 304 g/mol. The van der Waals surface area contributed by atoms with E-state index in [1.54, 1.807) is 12.1 Å². The van der Waals surface area contributed by atoms with Crippen LogP contribution in [-0.2, 0) is 0 Å². The molecule has 2 nitrogen and oxygen atoms in total. The number of halogens is 2.